The number of nitrogens with two attached hydrogens (primary N) is 2. The Morgan fingerprint density at radius 3 is 1.12 bits per heavy atom. The monoisotopic (exact) mass is 556 g/mol. The van der Waals surface area contributed by atoms with Gasteiger partial charge in [0.25, 0.3) is 0 Å². The Labute approximate surface area is 245 Å². The fourth-order valence-corrected chi connectivity index (χ4v) is 4.74. The second-order valence-electron chi connectivity index (χ2n) is 10.4. The van der Waals surface area contributed by atoms with E-state index in [0.29, 0.717) is 45.3 Å². The molecule has 0 aliphatic carbocycles. The largest absolute Gasteiger partial charge is 0.457 e. The van der Waals surface area contributed by atoms with Gasteiger partial charge in [-0.25, -0.2) is 0 Å². The van der Waals surface area contributed by atoms with Crippen LogP contribution in [-0.2, 0) is 0 Å². The molecule has 6 heteroatoms. The number of hydrogen-bond acceptors (Lipinski definition) is 6. The number of ether oxygens (including phenoxy) is 2. The van der Waals surface area contributed by atoms with Crippen LogP contribution in [0.1, 0.15) is 54.1 Å². The van der Waals surface area contributed by atoms with Gasteiger partial charge in [-0.1, -0.05) is 18.2 Å². The zero-order valence-electron chi connectivity index (χ0n) is 24.0. The van der Waals surface area contributed by atoms with Gasteiger partial charge >= 0.3 is 0 Å². The number of hydrogen-bond donors (Lipinski definition) is 2. The molecule has 0 spiro atoms. The zero-order valence-corrected chi connectivity index (χ0v) is 24.0. The Hall–Kier alpha value is -5.36. The highest BCUT2D eigenvalue weighted by Crippen LogP contribution is 2.30. The summed E-state index contributed by atoms with van der Waals surface area (Å²) in [5.41, 5.74) is 19.2. The van der Waals surface area contributed by atoms with Crippen molar-refractivity contribution in [1.82, 2.24) is 0 Å². The van der Waals surface area contributed by atoms with Crippen LogP contribution in [0.15, 0.2) is 97.1 Å². The quantitative estimate of drug-likeness (QED) is 0.148. The van der Waals surface area contributed by atoms with E-state index in [1.807, 2.05) is 52.0 Å². The highest BCUT2D eigenvalue weighted by molar-refractivity contribution is 6.13. The maximum Gasteiger partial charge on any atom is 0.193 e. The molecule has 6 nitrogen and oxygen atoms in total. The summed E-state index contributed by atoms with van der Waals surface area (Å²) in [6.07, 6.45) is 0. The summed E-state index contributed by atoms with van der Waals surface area (Å²) in [5, 5.41) is 0. The molecule has 210 valence electrons. The topological polar surface area (TPSA) is 105 Å². The lowest BCUT2D eigenvalue weighted by Crippen LogP contribution is -2.06. The summed E-state index contributed by atoms with van der Waals surface area (Å²) in [4.78, 5) is 26.5. The van der Waals surface area contributed by atoms with Gasteiger partial charge in [-0.15, -0.1) is 0 Å². The van der Waals surface area contributed by atoms with Crippen molar-refractivity contribution < 1.29 is 19.1 Å². The highest BCUT2D eigenvalue weighted by atomic mass is 16.5. The van der Waals surface area contributed by atoms with E-state index in [4.69, 9.17) is 20.9 Å². The van der Waals surface area contributed by atoms with Crippen molar-refractivity contribution in [3.8, 4) is 23.0 Å². The molecular weight excluding hydrogens is 524 g/mol. The van der Waals surface area contributed by atoms with Crippen molar-refractivity contribution in [1.29, 1.82) is 0 Å². The first-order valence-electron chi connectivity index (χ1n) is 13.6. The summed E-state index contributed by atoms with van der Waals surface area (Å²) in [5.74, 6) is 2.20. The van der Waals surface area contributed by atoms with E-state index in [1.54, 1.807) is 72.8 Å². The summed E-state index contributed by atoms with van der Waals surface area (Å²) in [6, 6.07) is 28.1. The molecule has 42 heavy (non-hydrogen) atoms. The van der Waals surface area contributed by atoms with Crippen molar-refractivity contribution in [3.05, 3.63) is 142 Å². The molecular formula is C36H32N2O4. The summed E-state index contributed by atoms with van der Waals surface area (Å²) >= 11 is 0. The third-order valence-corrected chi connectivity index (χ3v) is 7.23. The molecule has 0 unspecified atom stereocenters. The van der Waals surface area contributed by atoms with Gasteiger partial charge in [-0.3, -0.25) is 9.59 Å². The minimum Gasteiger partial charge on any atom is -0.457 e. The second kappa shape index (κ2) is 11.6. The second-order valence-corrected chi connectivity index (χ2v) is 10.4. The number of carbonyl (C=O) groups excluding carboxylic acids is 2. The SMILES string of the molecule is Cc1cc(Oc2ccc(C(=O)c3cccc(C(=O)c4ccc(Oc5cc(C)c(N)c(C)c5)cc4)c3)cc2)cc(C)c1N. The molecule has 5 aromatic rings. The lowest BCUT2D eigenvalue weighted by Gasteiger charge is -2.11. The van der Waals surface area contributed by atoms with Crippen LogP contribution in [0.5, 0.6) is 23.0 Å². The van der Waals surface area contributed by atoms with E-state index in [1.165, 1.54) is 0 Å². The fourth-order valence-electron chi connectivity index (χ4n) is 4.74. The molecule has 0 fully saturated rings. The Morgan fingerprint density at radius 2 is 0.786 bits per heavy atom. The molecule has 0 saturated heterocycles. The van der Waals surface area contributed by atoms with E-state index >= 15 is 0 Å². The van der Waals surface area contributed by atoms with E-state index in [2.05, 4.69) is 0 Å². The maximum atomic E-state index is 13.3. The standard InChI is InChI=1S/C36H32N2O4/c1-21-16-31(17-22(2)33(21)37)41-29-12-8-25(9-13-29)35(39)27-6-5-7-28(20-27)36(40)26-10-14-30(15-11-26)42-32-18-23(3)34(38)24(4)19-32/h5-20H,37-38H2,1-4H3. The first-order valence-corrected chi connectivity index (χ1v) is 13.6. The van der Waals surface area contributed by atoms with Crippen LogP contribution in [-0.4, -0.2) is 11.6 Å². The predicted octanol–water partition coefficient (Wildman–Crippen LogP) is 8.13. The van der Waals surface area contributed by atoms with Gasteiger partial charge < -0.3 is 20.9 Å². The molecule has 0 aromatic heterocycles. The summed E-state index contributed by atoms with van der Waals surface area (Å²) < 4.78 is 11.9. The van der Waals surface area contributed by atoms with E-state index in [-0.39, 0.29) is 11.6 Å². The van der Waals surface area contributed by atoms with Crippen molar-refractivity contribution >= 4 is 22.9 Å². The average Bonchev–Trinajstić information content (AvgIpc) is 2.98. The highest BCUT2D eigenvalue weighted by Gasteiger charge is 2.15. The molecule has 0 aliphatic heterocycles. The fraction of sp³-hybridized carbons (Fsp3) is 0.111. The van der Waals surface area contributed by atoms with Gasteiger partial charge in [0.2, 0.25) is 0 Å². The van der Waals surface area contributed by atoms with Crippen LogP contribution in [0.4, 0.5) is 11.4 Å². The third-order valence-electron chi connectivity index (χ3n) is 7.23. The van der Waals surface area contributed by atoms with Crippen LogP contribution in [0.25, 0.3) is 0 Å². The molecule has 5 aromatic carbocycles. The van der Waals surface area contributed by atoms with Crippen LogP contribution < -0.4 is 20.9 Å². The normalized spacial score (nSPS) is 10.8. The van der Waals surface area contributed by atoms with Crippen molar-refractivity contribution in [2.45, 2.75) is 27.7 Å². The molecule has 0 heterocycles. The number of ketones is 2. The molecule has 0 bridgehead atoms. The van der Waals surface area contributed by atoms with Crippen molar-refractivity contribution in [2.24, 2.45) is 0 Å². The smallest absolute Gasteiger partial charge is 0.193 e. The Bertz CT molecular complexity index is 1630. The van der Waals surface area contributed by atoms with Crippen LogP contribution >= 0.6 is 0 Å². The molecule has 0 saturated carbocycles. The first-order chi connectivity index (χ1) is 20.1. The predicted molar refractivity (Wildman–Crippen MR) is 167 cm³/mol. The lowest BCUT2D eigenvalue weighted by molar-refractivity contribution is 0.103. The molecule has 0 amide bonds. The molecule has 0 aliphatic rings. The van der Waals surface area contributed by atoms with Gasteiger partial charge in [-0.2, -0.15) is 0 Å². The Kier molecular flexibility index (Phi) is 7.80. The number of nitrogen functional groups attached to an aromatic ring is 2. The van der Waals surface area contributed by atoms with Crippen LogP contribution in [0.3, 0.4) is 0 Å². The average molecular weight is 557 g/mol. The van der Waals surface area contributed by atoms with Gasteiger partial charge in [0, 0.05) is 33.6 Å². The number of benzene rings is 5. The number of aryl methyl sites for hydroxylation is 4. The van der Waals surface area contributed by atoms with E-state index in [9.17, 15) is 9.59 Å². The third kappa shape index (κ3) is 6.03. The van der Waals surface area contributed by atoms with Crippen molar-refractivity contribution in [3.63, 3.8) is 0 Å². The Balaban J connectivity index is 1.28. The van der Waals surface area contributed by atoms with E-state index in [0.717, 1.165) is 33.6 Å². The van der Waals surface area contributed by atoms with Gasteiger partial charge in [0.1, 0.15) is 23.0 Å². The molecule has 5 rings (SSSR count). The van der Waals surface area contributed by atoms with Crippen LogP contribution in [0.2, 0.25) is 0 Å². The number of anilines is 2. The zero-order chi connectivity index (χ0) is 30.0. The number of rotatable bonds is 8. The van der Waals surface area contributed by atoms with Gasteiger partial charge in [-0.05, 0) is 129 Å². The lowest BCUT2D eigenvalue weighted by atomic mass is 9.97. The first kappa shape index (κ1) is 28.2. The van der Waals surface area contributed by atoms with Gasteiger partial charge in [0.15, 0.2) is 11.6 Å². The summed E-state index contributed by atoms with van der Waals surface area (Å²) in [6.45, 7) is 7.74. The van der Waals surface area contributed by atoms with Crippen molar-refractivity contribution in [2.75, 3.05) is 11.5 Å². The molecule has 0 atom stereocenters. The van der Waals surface area contributed by atoms with Crippen LogP contribution in [0, 0.1) is 27.7 Å². The van der Waals surface area contributed by atoms with Gasteiger partial charge in [0.05, 0.1) is 0 Å². The number of carbonyl (C=O) groups is 2. The summed E-state index contributed by atoms with van der Waals surface area (Å²) in [7, 11) is 0. The Morgan fingerprint density at radius 1 is 0.452 bits per heavy atom. The van der Waals surface area contributed by atoms with E-state index < -0.39 is 0 Å². The molecule has 4 N–H and O–H groups in total. The minimum atomic E-state index is -0.187. The minimum absolute atomic E-state index is 0.187. The maximum absolute atomic E-state index is 13.3. The molecule has 0 radical (unpaired) electrons.